The SMILES string of the molecule is Clc1cc(OC2CCC2)cc(Br)c1I. The maximum Gasteiger partial charge on any atom is 0.122 e. The summed E-state index contributed by atoms with van der Waals surface area (Å²) < 4.78 is 7.78. The molecule has 0 radical (unpaired) electrons. The van der Waals surface area contributed by atoms with Gasteiger partial charge in [0.2, 0.25) is 0 Å². The molecule has 0 bridgehead atoms. The minimum atomic E-state index is 0.401. The molecule has 1 aliphatic carbocycles. The Labute approximate surface area is 110 Å². The van der Waals surface area contributed by atoms with E-state index in [1.54, 1.807) is 0 Å². The second-order valence-corrected chi connectivity index (χ2v) is 5.71. The summed E-state index contributed by atoms with van der Waals surface area (Å²) in [5.74, 6) is 0.868. The molecule has 0 N–H and O–H groups in total. The van der Waals surface area contributed by atoms with Gasteiger partial charge in [0, 0.05) is 8.04 Å². The molecule has 0 heterocycles. The zero-order valence-electron chi connectivity index (χ0n) is 7.40. The second kappa shape index (κ2) is 4.58. The van der Waals surface area contributed by atoms with Gasteiger partial charge in [0.1, 0.15) is 5.75 Å². The van der Waals surface area contributed by atoms with Gasteiger partial charge in [-0.1, -0.05) is 11.6 Å². The Morgan fingerprint density at radius 3 is 2.64 bits per heavy atom. The van der Waals surface area contributed by atoms with E-state index < -0.39 is 0 Å². The fourth-order valence-corrected chi connectivity index (χ4v) is 2.36. The third-order valence-electron chi connectivity index (χ3n) is 2.31. The van der Waals surface area contributed by atoms with Gasteiger partial charge in [-0.15, -0.1) is 0 Å². The lowest BCUT2D eigenvalue weighted by Crippen LogP contribution is -2.24. The summed E-state index contributed by atoms with van der Waals surface area (Å²) >= 11 is 11.7. The van der Waals surface area contributed by atoms with E-state index in [4.69, 9.17) is 16.3 Å². The van der Waals surface area contributed by atoms with Gasteiger partial charge in [-0.3, -0.25) is 0 Å². The standard InChI is InChI=1S/C10H9BrClIO/c11-8-4-7(5-9(12)10(8)13)14-6-2-1-3-6/h4-6H,1-3H2. The Balaban J connectivity index is 2.17. The van der Waals surface area contributed by atoms with Crippen molar-refractivity contribution in [1.29, 1.82) is 0 Å². The predicted molar refractivity (Wildman–Crippen MR) is 70.1 cm³/mol. The van der Waals surface area contributed by atoms with Crippen LogP contribution in [0.5, 0.6) is 5.75 Å². The lowest BCUT2D eigenvalue weighted by Gasteiger charge is -2.26. The van der Waals surface area contributed by atoms with E-state index in [2.05, 4.69) is 38.5 Å². The minimum absolute atomic E-state index is 0.401. The monoisotopic (exact) mass is 386 g/mol. The molecule has 1 aromatic rings. The largest absolute Gasteiger partial charge is 0.490 e. The Kier molecular flexibility index (Phi) is 3.60. The molecule has 4 heteroatoms. The van der Waals surface area contributed by atoms with Crippen LogP contribution in [0.25, 0.3) is 0 Å². The summed E-state index contributed by atoms with van der Waals surface area (Å²) in [7, 11) is 0. The van der Waals surface area contributed by atoms with E-state index >= 15 is 0 Å². The van der Waals surface area contributed by atoms with E-state index in [1.165, 1.54) is 19.3 Å². The molecule has 1 saturated carbocycles. The van der Waals surface area contributed by atoms with Crippen LogP contribution in [0.15, 0.2) is 16.6 Å². The predicted octanol–water partition coefficient (Wildman–Crippen LogP) is 4.64. The highest BCUT2D eigenvalue weighted by Crippen LogP contribution is 2.33. The Morgan fingerprint density at radius 1 is 1.43 bits per heavy atom. The molecule has 0 saturated heterocycles. The molecular weight excluding hydrogens is 378 g/mol. The maximum absolute atomic E-state index is 6.05. The second-order valence-electron chi connectivity index (χ2n) is 3.37. The average molecular weight is 387 g/mol. The molecule has 0 aliphatic heterocycles. The van der Waals surface area contributed by atoms with E-state index in [0.29, 0.717) is 6.10 Å². The highest BCUT2D eigenvalue weighted by atomic mass is 127. The van der Waals surface area contributed by atoms with E-state index in [9.17, 15) is 0 Å². The van der Waals surface area contributed by atoms with Gasteiger partial charge in [0.05, 0.1) is 11.1 Å². The summed E-state index contributed by atoms with van der Waals surface area (Å²) in [4.78, 5) is 0. The van der Waals surface area contributed by atoms with Crippen molar-refractivity contribution in [3.05, 3.63) is 25.2 Å². The molecule has 0 aromatic heterocycles. The molecule has 2 rings (SSSR count). The Morgan fingerprint density at radius 2 is 2.14 bits per heavy atom. The van der Waals surface area contributed by atoms with Crippen molar-refractivity contribution in [3.63, 3.8) is 0 Å². The van der Waals surface area contributed by atoms with Gasteiger partial charge in [-0.05, 0) is 69.9 Å². The molecule has 0 spiro atoms. The van der Waals surface area contributed by atoms with Crippen LogP contribution < -0.4 is 4.74 Å². The quantitative estimate of drug-likeness (QED) is 0.531. The first-order valence-corrected chi connectivity index (χ1v) is 6.73. The number of ether oxygens (including phenoxy) is 1. The van der Waals surface area contributed by atoms with Crippen molar-refractivity contribution in [2.75, 3.05) is 0 Å². The van der Waals surface area contributed by atoms with Gasteiger partial charge < -0.3 is 4.74 Å². The van der Waals surface area contributed by atoms with Gasteiger partial charge in [0.15, 0.2) is 0 Å². The number of benzene rings is 1. The molecule has 0 amide bonds. The molecule has 1 aliphatic rings. The van der Waals surface area contributed by atoms with Crippen LogP contribution in [0.1, 0.15) is 19.3 Å². The lowest BCUT2D eigenvalue weighted by atomic mass is 9.96. The van der Waals surface area contributed by atoms with Crippen molar-refractivity contribution in [2.24, 2.45) is 0 Å². The molecule has 1 fully saturated rings. The highest BCUT2D eigenvalue weighted by Gasteiger charge is 2.19. The van der Waals surface area contributed by atoms with Crippen LogP contribution in [-0.4, -0.2) is 6.10 Å². The number of rotatable bonds is 2. The van der Waals surface area contributed by atoms with Crippen molar-refractivity contribution in [3.8, 4) is 5.75 Å². The van der Waals surface area contributed by atoms with Crippen LogP contribution in [-0.2, 0) is 0 Å². The maximum atomic E-state index is 6.05. The lowest BCUT2D eigenvalue weighted by molar-refractivity contribution is 0.120. The normalized spacial score (nSPS) is 16.5. The third-order valence-corrected chi connectivity index (χ3v) is 5.46. The molecule has 14 heavy (non-hydrogen) atoms. The molecule has 76 valence electrons. The fourth-order valence-electron chi connectivity index (χ4n) is 1.28. The number of hydrogen-bond donors (Lipinski definition) is 0. The highest BCUT2D eigenvalue weighted by molar-refractivity contribution is 14.1. The first-order valence-electron chi connectivity index (χ1n) is 4.48. The summed E-state index contributed by atoms with van der Waals surface area (Å²) in [6.07, 6.45) is 4.02. The zero-order chi connectivity index (χ0) is 10.1. The van der Waals surface area contributed by atoms with E-state index in [0.717, 1.165) is 18.8 Å². The van der Waals surface area contributed by atoms with Crippen molar-refractivity contribution in [2.45, 2.75) is 25.4 Å². The summed E-state index contributed by atoms with van der Waals surface area (Å²) in [5.41, 5.74) is 0. The van der Waals surface area contributed by atoms with Crippen LogP contribution in [0.4, 0.5) is 0 Å². The first-order chi connectivity index (χ1) is 6.66. The Hall–Kier alpha value is 0.520. The van der Waals surface area contributed by atoms with Crippen molar-refractivity contribution >= 4 is 50.1 Å². The van der Waals surface area contributed by atoms with Crippen molar-refractivity contribution in [1.82, 2.24) is 0 Å². The fraction of sp³-hybridized carbons (Fsp3) is 0.400. The zero-order valence-corrected chi connectivity index (χ0v) is 11.9. The summed E-state index contributed by atoms with van der Waals surface area (Å²) in [6.45, 7) is 0. The van der Waals surface area contributed by atoms with E-state index in [-0.39, 0.29) is 0 Å². The van der Waals surface area contributed by atoms with Gasteiger partial charge >= 0.3 is 0 Å². The number of halogens is 3. The topological polar surface area (TPSA) is 9.23 Å². The van der Waals surface area contributed by atoms with E-state index in [1.807, 2.05) is 12.1 Å². The summed E-state index contributed by atoms with van der Waals surface area (Å²) in [6, 6.07) is 3.86. The van der Waals surface area contributed by atoms with Crippen LogP contribution in [0.2, 0.25) is 5.02 Å². The van der Waals surface area contributed by atoms with Gasteiger partial charge in [-0.25, -0.2) is 0 Å². The molecule has 0 atom stereocenters. The third kappa shape index (κ3) is 2.36. The molecular formula is C10H9BrClIO. The van der Waals surface area contributed by atoms with Crippen molar-refractivity contribution < 1.29 is 4.74 Å². The molecule has 1 aromatic carbocycles. The van der Waals surface area contributed by atoms with Gasteiger partial charge in [-0.2, -0.15) is 0 Å². The number of hydrogen-bond acceptors (Lipinski definition) is 1. The van der Waals surface area contributed by atoms with Crippen LogP contribution in [0, 0.1) is 3.57 Å². The van der Waals surface area contributed by atoms with Crippen LogP contribution in [0.3, 0.4) is 0 Å². The molecule has 1 nitrogen and oxygen atoms in total. The van der Waals surface area contributed by atoms with Gasteiger partial charge in [0.25, 0.3) is 0 Å². The summed E-state index contributed by atoms with van der Waals surface area (Å²) in [5, 5.41) is 0.745. The average Bonchev–Trinajstić information content (AvgIpc) is 2.07. The minimum Gasteiger partial charge on any atom is -0.490 e. The Bertz CT molecular complexity index is 329. The van der Waals surface area contributed by atoms with Crippen LogP contribution >= 0.6 is 50.1 Å². The smallest absolute Gasteiger partial charge is 0.122 e. The molecule has 0 unspecified atom stereocenters. The first kappa shape index (κ1) is 11.0.